The topological polar surface area (TPSA) is 72.8 Å². The Morgan fingerprint density at radius 3 is 2.74 bits per heavy atom. The first-order valence-electron chi connectivity index (χ1n) is 7.33. The Bertz CT molecular complexity index is 763. The smallest absolute Gasteiger partial charge is 0.322 e. The van der Waals surface area contributed by atoms with Crippen molar-refractivity contribution >= 4 is 11.7 Å². The van der Waals surface area contributed by atoms with E-state index in [0.717, 1.165) is 11.1 Å². The molecule has 1 unspecified atom stereocenters. The minimum Gasteiger partial charge on any atom is -0.504 e. The van der Waals surface area contributed by atoms with E-state index in [4.69, 9.17) is 0 Å². The third-order valence-corrected chi connectivity index (χ3v) is 4.11. The van der Waals surface area contributed by atoms with Crippen LogP contribution >= 0.6 is 0 Å². The van der Waals surface area contributed by atoms with Crippen LogP contribution in [0.4, 0.5) is 14.9 Å². The lowest BCUT2D eigenvalue weighted by molar-refractivity contribution is 0.188. The Kier molecular flexibility index (Phi) is 3.82. The maximum absolute atomic E-state index is 13.2. The number of nitrogens with zero attached hydrogens (tertiary/aromatic N) is 1. The van der Waals surface area contributed by atoms with Crippen molar-refractivity contribution in [2.75, 3.05) is 11.9 Å². The van der Waals surface area contributed by atoms with Crippen LogP contribution in [0.5, 0.6) is 11.5 Å². The molecular formula is C17H17FN2O3. The maximum Gasteiger partial charge on any atom is 0.322 e. The number of rotatable bonds is 1. The molecule has 0 spiro atoms. The van der Waals surface area contributed by atoms with E-state index in [1.54, 1.807) is 11.0 Å². The second-order valence-corrected chi connectivity index (χ2v) is 5.60. The molecule has 1 aliphatic rings. The standard InChI is InChI=1S/C17H17FN2O3/c1-10-14-9-16(22)15(21)7-11(14)5-6-20(10)17(23)19-13-4-2-3-12(18)8-13/h2-4,7-10,21-22H,5-6H2,1H3,(H,19,23). The van der Waals surface area contributed by atoms with Crippen molar-refractivity contribution in [2.45, 2.75) is 19.4 Å². The molecule has 1 atom stereocenters. The predicted molar refractivity (Wildman–Crippen MR) is 84.0 cm³/mol. The van der Waals surface area contributed by atoms with Gasteiger partial charge in [0.1, 0.15) is 5.82 Å². The van der Waals surface area contributed by atoms with Gasteiger partial charge in [0, 0.05) is 12.2 Å². The predicted octanol–water partition coefficient (Wildman–Crippen LogP) is 3.39. The van der Waals surface area contributed by atoms with E-state index in [9.17, 15) is 19.4 Å². The van der Waals surface area contributed by atoms with Crippen molar-refractivity contribution in [3.05, 3.63) is 53.3 Å². The Morgan fingerprint density at radius 2 is 2.00 bits per heavy atom. The summed E-state index contributed by atoms with van der Waals surface area (Å²) in [6, 6.07) is 8.13. The van der Waals surface area contributed by atoms with E-state index in [-0.39, 0.29) is 23.6 Å². The molecule has 0 aromatic heterocycles. The molecule has 2 aromatic carbocycles. The summed E-state index contributed by atoms with van der Waals surface area (Å²) in [5.41, 5.74) is 2.09. The maximum atomic E-state index is 13.2. The monoisotopic (exact) mass is 316 g/mol. The zero-order valence-corrected chi connectivity index (χ0v) is 12.6. The second kappa shape index (κ2) is 5.79. The number of aromatic hydroxyl groups is 2. The van der Waals surface area contributed by atoms with E-state index < -0.39 is 5.82 Å². The summed E-state index contributed by atoms with van der Waals surface area (Å²) in [5.74, 6) is -0.781. The van der Waals surface area contributed by atoms with Gasteiger partial charge in [-0.1, -0.05) is 6.07 Å². The van der Waals surface area contributed by atoms with Gasteiger partial charge in [-0.2, -0.15) is 0 Å². The van der Waals surface area contributed by atoms with Crippen LogP contribution in [0.3, 0.4) is 0 Å². The fourth-order valence-corrected chi connectivity index (χ4v) is 2.88. The lowest BCUT2D eigenvalue weighted by Gasteiger charge is -2.35. The average Bonchev–Trinajstić information content (AvgIpc) is 2.49. The van der Waals surface area contributed by atoms with Crippen molar-refractivity contribution in [2.24, 2.45) is 0 Å². The van der Waals surface area contributed by atoms with Crippen LogP contribution in [0, 0.1) is 5.82 Å². The highest BCUT2D eigenvalue weighted by atomic mass is 19.1. The van der Waals surface area contributed by atoms with Gasteiger partial charge in [-0.05, 0) is 54.8 Å². The number of carbonyl (C=O) groups is 1. The normalized spacial score (nSPS) is 16.8. The second-order valence-electron chi connectivity index (χ2n) is 5.60. The Balaban J connectivity index is 1.81. The summed E-state index contributed by atoms with van der Waals surface area (Å²) >= 11 is 0. The highest BCUT2D eigenvalue weighted by molar-refractivity contribution is 5.89. The Labute approximate surface area is 133 Å². The number of benzene rings is 2. The third kappa shape index (κ3) is 2.92. The minimum absolute atomic E-state index is 0.159. The molecule has 3 N–H and O–H groups in total. The number of nitrogens with one attached hydrogen (secondary N) is 1. The van der Waals surface area contributed by atoms with E-state index in [1.807, 2.05) is 6.92 Å². The average molecular weight is 316 g/mol. The molecule has 120 valence electrons. The van der Waals surface area contributed by atoms with Crippen LogP contribution in [0.15, 0.2) is 36.4 Å². The van der Waals surface area contributed by atoms with E-state index in [2.05, 4.69) is 5.32 Å². The molecule has 23 heavy (non-hydrogen) atoms. The number of fused-ring (bicyclic) bond motifs is 1. The molecule has 0 radical (unpaired) electrons. The minimum atomic E-state index is -0.416. The molecule has 6 heteroatoms. The fourth-order valence-electron chi connectivity index (χ4n) is 2.88. The summed E-state index contributed by atoms with van der Waals surface area (Å²) < 4.78 is 13.2. The molecule has 0 fully saturated rings. The first-order valence-corrected chi connectivity index (χ1v) is 7.33. The molecular weight excluding hydrogens is 299 g/mol. The van der Waals surface area contributed by atoms with Gasteiger partial charge in [-0.25, -0.2) is 9.18 Å². The highest BCUT2D eigenvalue weighted by Gasteiger charge is 2.28. The summed E-state index contributed by atoms with van der Waals surface area (Å²) in [6.45, 7) is 2.32. The molecule has 5 nitrogen and oxygen atoms in total. The zero-order chi connectivity index (χ0) is 16.6. The molecule has 2 amide bonds. The summed E-state index contributed by atoms with van der Waals surface area (Å²) in [6.07, 6.45) is 0.573. The molecule has 0 bridgehead atoms. The number of hydrogen-bond donors (Lipinski definition) is 3. The Hall–Kier alpha value is -2.76. The van der Waals surface area contributed by atoms with E-state index >= 15 is 0 Å². The summed E-state index contributed by atoms with van der Waals surface area (Å²) in [5, 5.41) is 21.9. The van der Waals surface area contributed by atoms with Gasteiger partial charge < -0.3 is 20.4 Å². The van der Waals surface area contributed by atoms with Crippen molar-refractivity contribution in [3.8, 4) is 11.5 Å². The molecule has 3 rings (SSSR count). The summed E-state index contributed by atoms with van der Waals surface area (Å²) in [7, 11) is 0. The van der Waals surface area contributed by atoms with Crippen molar-refractivity contribution < 1.29 is 19.4 Å². The molecule has 0 aliphatic carbocycles. The number of halogens is 1. The molecule has 1 aliphatic heterocycles. The quantitative estimate of drug-likeness (QED) is 0.706. The van der Waals surface area contributed by atoms with Gasteiger partial charge in [0.15, 0.2) is 11.5 Å². The van der Waals surface area contributed by atoms with Crippen LogP contribution in [-0.2, 0) is 6.42 Å². The molecule has 0 saturated heterocycles. The van der Waals surface area contributed by atoms with Gasteiger partial charge in [-0.3, -0.25) is 0 Å². The van der Waals surface area contributed by atoms with Crippen LogP contribution < -0.4 is 5.32 Å². The van der Waals surface area contributed by atoms with Gasteiger partial charge in [0.2, 0.25) is 0 Å². The van der Waals surface area contributed by atoms with Gasteiger partial charge >= 0.3 is 6.03 Å². The van der Waals surface area contributed by atoms with Crippen LogP contribution in [0.1, 0.15) is 24.1 Å². The lowest BCUT2D eigenvalue weighted by Crippen LogP contribution is -2.41. The number of anilines is 1. The lowest BCUT2D eigenvalue weighted by atomic mass is 9.93. The number of urea groups is 1. The first kappa shape index (κ1) is 15.1. The number of phenols is 2. The van der Waals surface area contributed by atoms with E-state index in [1.165, 1.54) is 30.3 Å². The van der Waals surface area contributed by atoms with Crippen molar-refractivity contribution in [3.63, 3.8) is 0 Å². The van der Waals surface area contributed by atoms with Gasteiger partial charge in [0.05, 0.1) is 6.04 Å². The first-order chi connectivity index (χ1) is 11.0. The van der Waals surface area contributed by atoms with Crippen molar-refractivity contribution in [1.82, 2.24) is 4.90 Å². The Morgan fingerprint density at radius 1 is 1.26 bits per heavy atom. The van der Waals surface area contributed by atoms with Crippen LogP contribution in [-0.4, -0.2) is 27.7 Å². The number of carbonyl (C=O) groups excluding carboxylic acids is 1. The van der Waals surface area contributed by atoms with Gasteiger partial charge in [-0.15, -0.1) is 0 Å². The van der Waals surface area contributed by atoms with Crippen LogP contribution in [0.2, 0.25) is 0 Å². The molecule has 0 saturated carbocycles. The largest absolute Gasteiger partial charge is 0.504 e. The summed E-state index contributed by atoms with van der Waals surface area (Å²) in [4.78, 5) is 14.0. The van der Waals surface area contributed by atoms with Crippen molar-refractivity contribution in [1.29, 1.82) is 0 Å². The van der Waals surface area contributed by atoms with Gasteiger partial charge in [0.25, 0.3) is 0 Å². The number of hydrogen-bond acceptors (Lipinski definition) is 3. The van der Waals surface area contributed by atoms with E-state index in [0.29, 0.717) is 18.7 Å². The number of phenolic OH excluding ortho intramolecular Hbond substituents is 2. The molecule has 1 heterocycles. The van der Waals surface area contributed by atoms with Crippen LogP contribution in [0.25, 0.3) is 0 Å². The molecule has 2 aromatic rings. The number of amides is 2. The SMILES string of the molecule is CC1c2cc(O)c(O)cc2CCN1C(=O)Nc1cccc(F)c1. The zero-order valence-electron chi connectivity index (χ0n) is 12.6. The fraction of sp³-hybridized carbons (Fsp3) is 0.235. The highest BCUT2D eigenvalue weighted by Crippen LogP contribution is 2.36. The third-order valence-electron chi connectivity index (χ3n) is 4.11.